The van der Waals surface area contributed by atoms with Crippen molar-refractivity contribution in [2.24, 2.45) is 0 Å². The molecule has 0 radical (unpaired) electrons. The van der Waals surface area contributed by atoms with Gasteiger partial charge in [-0.1, -0.05) is 6.92 Å². The van der Waals surface area contributed by atoms with E-state index in [9.17, 15) is 9.59 Å². The number of amides is 3. The average molecular weight is 261 g/mol. The van der Waals surface area contributed by atoms with E-state index in [1.807, 2.05) is 11.8 Å². The van der Waals surface area contributed by atoms with Gasteiger partial charge in [0.15, 0.2) is 0 Å². The van der Waals surface area contributed by atoms with E-state index in [1.165, 1.54) is 7.11 Å². The van der Waals surface area contributed by atoms with Gasteiger partial charge in [0.2, 0.25) is 5.91 Å². The molecule has 0 saturated heterocycles. The first-order valence-electron chi connectivity index (χ1n) is 6.03. The average Bonchev–Trinajstić information content (AvgIpc) is 2.34. The smallest absolute Gasteiger partial charge is 0.321 e. The summed E-state index contributed by atoms with van der Waals surface area (Å²) in [5.74, 6) is -0.357. The lowest BCUT2D eigenvalue weighted by Crippen LogP contribution is -2.45. The number of rotatable bonds is 9. The molecule has 0 aliphatic heterocycles. The predicted octanol–water partition coefficient (Wildman–Crippen LogP) is -0.837. The summed E-state index contributed by atoms with van der Waals surface area (Å²) in [5.41, 5.74) is 0. The van der Waals surface area contributed by atoms with Crippen molar-refractivity contribution in [3.05, 3.63) is 0 Å². The summed E-state index contributed by atoms with van der Waals surface area (Å²) in [6.07, 6.45) is 0.612. The van der Waals surface area contributed by atoms with Crippen LogP contribution in [0.2, 0.25) is 0 Å². The van der Waals surface area contributed by atoms with Crippen LogP contribution in [0.4, 0.5) is 4.79 Å². The maximum Gasteiger partial charge on any atom is 0.321 e. The molecule has 0 bridgehead atoms. The maximum absolute atomic E-state index is 11.5. The van der Waals surface area contributed by atoms with E-state index in [2.05, 4.69) is 10.6 Å². The molecule has 0 aromatic carbocycles. The fraction of sp³-hybridized carbons (Fsp3) is 0.818. The maximum atomic E-state index is 11.5. The van der Waals surface area contributed by atoms with Crippen molar-refractivity contribution in [3.8, 4) is 0 Å². The number of aliphatic hydroxyl groups excluding tert-OH is 1. The van der Waals surface area contributed by atoms with Crippen molar-refractivity contribution in [3.63, 3.8) is 0 Å². The molecule has 0 aromatic heterocycles. The van der Waals surface area contributed by atoms with Crippen LogP contribution in [0.3, 0.4) is 0 Å². The van der Waals surface area contributed by atoms with Crippen LogP contribution in [0.25, 0.3) is 0 Å². The van der Waals surface area contributed by atoms with Gasteiger partial charge in [0.05, 0.1) is 13.2 Å². The van der Waals surface area contributed by atoms with Crippen LogP contribution in [0.5, 0.6) is 0 Å². The third kappa shape index (κ3) is 8.91. The summed E-state index contributed by atoms with van der Waals surface area (Å²) in [5, 5.41) is 13.4. The number of nitrogens with zero attached hydrogens (tertiary/aromatic N) is 1. The Bertz CT molecular complexity index is 248. The van der Waals surface area contributed by atoms with E-state index < -0.39 is 6.03 Å². The molecule has 0 fully saturated rings. The zero-order valence-electron chi connectivity index (χ0n) is 11.1. The number of hydrogen-bond donors (Lipinski definition) is 3. The van der Waals surface area contributed by atoms with Gasteiger partial charge in [-0.05, 0) is 13.0 Å². The SMILES string of the molecule is CCN(CCCO)CC(=O)NC(=O)NCCOC. The largest absolute Gasteiger partial charge is 0.396 e. The Morgan fingerprint density at radius 3 is 2.67 bits per heavy atom. The van der Waals surface area contributed by atoms with Crippen molar-refractivity contribution in [2.75, 3.05) is 46.5 Å². The van der Waals surface area contributed by atoms with E-state index in [-0.39, 0.29) is 19.1 Å². The minimum Gasteiger partial charge on any atom is -0.396 e. The molecular weight excluding hydrogens is 238 g/mol. The van der Waals surface area contributed by atoms with E-state index in [4.69, 9.17) is 9.84 Å². The Hall–Kier alpha value is -1.18. The van der Waals surface area contributed by atoms with E-state index in [0.29, 0.717) is 32.7 Å². The number of methoxy groups -OCH3 is 1. The van der Waals surface area contributed by atoms with Gasteiger partial charge in [0, 0.05) is 26.8 Å². The molecule has 0 aliphatic rings. The molecule has 0 rings (SSSR count). The molecule has 0 aromatic rings. The van der Waals surface area contributed by atoms with Gasteiger partial charge in [-0.3, -0.25) is 15.0 Å². The Morgan fingerprint density at radius 1 is 1.39 bits per heavy atom. The van der Waals surface area contributed by atoms with Gasteiger partial charge >= 0.3 is 6.03 Å². The van der Waals surface area contributed by atoms with Crippen molar-refractivity contribution in [2.45, 2.75) is 13.3 Å². The number of carbonyl (C=O) groups is 2. The molecule has 0 atom stereocenters. The molecule has 0 unspecified atom stereocenters. The second kappa shape index (κ2) is 10.9. The second-order valence-corrected chi connectivity index (χ2v) is 3.74. The quantitative estimate of drug-likeness (QED) is 0.471. The number of imide groups is 1. The highest BCUT2D eigenvalue weighted by Gasteiger charge is 2.11. The van der Waals surface area contributed by atoms with Gasteiger partial charge < -0.3 is 15.2 Å². The first kappa shape index (κ1) is 16.8. The lowest BCUT2D eigenvalue weighted by atomic mass is 10.3. The van der Waals surface area contributed by atoms with Crippen LogP contribution in [-0.2, 0) is 9.53 Å². The van der Waals surface area contributed by atoms with Crippen molar-refractivity contribution in [1.82, 2.24) is 15.5 Å². The molecule has 0 heterocycles. The van der Waals surface area contributed by atoms with E-state index in [0.717, 1.165) is 0 Å². The van der Waals surface area contributed by atoms with Crippen LogP contribution in [0.1, 0.15) is 13.3 Å². The van der Waals surface area contributed by atoms with Crippen molar-refractivity contribution in [1.29, 1.82) is 0 Å². The molecule has 7 heteroatoms. The number of nitrogens with one attached hydrogen (secondary N) is 2. The van der Waals surface area contributed by atoms with Crippen LogP contribution in [0, 0.1) is 0 Å². The normalized spacial score (nSPS) is 10.4. The third-order valence-electron chi connectivity index (χ3n) is 2.29. The van der Waals surface area contributed by atoms with Crippen molar-refractivity contribution >= 4 is 11.9 Å². The Morgan fingerprint density at radius 2 is 2.11 bits per heavy atom. The number of aliphatic hydroxyl groups is 1. The van der Waals surface area contributed by atoms with Gasteiger partial charge in [0.25, 0.3) is 0 Å². The Kier molecular flexibility index (Phi) is 10.2. The van der Waals surface area contributed by atoms with Crippen LogP contribution in [-0.4, -0.2) is 68.4 Å². The fourth-order valence-electron chi connectivity index (χ4n) is 1.32. The molecule has 3 N–H and O–H groups in total. The fourth-order valence-corrected chi connectivity index (χ4v) is 1.32. The van der Waals surface area contributed by atoms with E-state index >= 15 is 0 Å². The summed E-state index contributed by atoms with van der Waals surface area (Å²) in [7, 11) is 1.53. The second-order valence-electron chi connectivity index (χ2n) is 3.74. The van der Waals surface area contributed by atoms with Crippen LogP contribution >= 0.6 is 0 Å². The standard InChI is InChI=1S/C11H23N3O4/c1-3-14(6-4-7-15)9-10(16)13-11(17)12-5-8-18-2/h15H,3-9H2,1-2H3,(H2,12,13,16,17). The lowest BCUT2D eigenvalue weighted by molar-refractivity contribution is -0.121. The molecule has 3 amide bonds. The lowest BCUT2D eigenvalue weighted by Gasteiger charge is -2.18. The number of hydrogen-bond acceptors (Lipinski definition) is 5. The van der Waals surface area contributed by atoms with Gasteiger partial charge in [0.1, 0.15) is 0 Å². The third-order valence-corrected chi connectivity index (χ3v) is 2.29. The zero-order valence-corrected chi connectivity index (χ0v) is 11.1. The number of likely N-dealkylation sites (N-methyl/N-ethyl adjacent to an activating group) is 1. The molecular formula is C11H23N3O4. The minimum atomic E-state index is -0.518. The summed E-state index contributed by atoms with van der Waals surface area (Å²) in [6, 6.07) is -0.518. The van der Waals surface area contributed by atoms with E-state index in [1.54, 1.807) is 0 Å². The molecule has 18 heavy (non-hydrogen) atoms. The monoisotopic (exact) mass is 261 g/mol. The number of ether oxygens (including phenoxy) is 1. The van der Waals surface area contributed by atoms with Gasteiger partial charge in [-0.15, -0.1) is 0 Å². The summed E-state index contributed by atoms with van der Waals surface area (Å²) in [4.78, 5) is 24.6. The predicted molar refractivity (Wildman–Crippen MR) is 67.2 cm³/mol. The number of urea groups is 1. The zero-order chi connectivity index (χ0) is 13.8. The Balaban J connectivity index is 3.82. The minimum absolute atomic E-state index is 0.0929. The van der Waals surface area contributed by atoms with Crippen LogP contribution in [0.15, 0.2) is 0 Å². The number of carbonyl (C=O) groups excluding carboxylic acids is 2. The highest BCUT2D eigenvalue weighted by atomic mass is 16.5. The van der Waals surface area contributed by atoms with Gasteiger partial charge in [-0.2, -0.15) is 0 Å². The summed E-state index contributed by atoms with van der Waals surface area (Å²) in [6.45, 7) is 4.24. The van der Waals surface area contributed by atoms with Gasteiger partial charge in [-0.25, -0.2) is 4.79 Å². The molecule has 106 valence electrons. The van der Waals surface area contributed by atoms with Crippen molar-refractivity contribution < 1.29 is 19.4 Å². The first-order chi connectivity index (χ1) is 8.63. The molecule has 0 aliphatic carbocycles. The summed E-state index contributed by atoms with van der Waals surface area (Å²) < 4.78 is 4.76. The highest BCUT2D eigenvalue weighted by Crippen LogP contribution is 1.90. The Labute approximate surface area is 107 Å². The molecule has 7 nitrogen and oxygen atoms in total. The first-order valence-corrected chi connectivity index (χ1v) is 6.03. The highest BCUT2D eigenvalue weighted by molar-refractivity contribution is 5.95. The van der Waals surface area contributed by atoms with Crippen LogP contribution < -0.4 is 10.6 Å². The summed E-state index contributed by atoms with van der Waals surface area (Å²) >= 11 is 0. The molecule has 0 spiro atoms. The topological polar surface area (TPSA) is 90.9 Å². The molecule has 0 saturated carbocycles.